The molecule has 2 heterocycles. The molecule has 0 N–H and O–H groups in total. The van der Waals surface area contributed by atoms with Crippen molar-refractivity contribution in [2.75, 3.05) is 31.1 Å². The number of aromatic nitrogens is 1. The van der Waals surface area contributed by atoms with Crippen molar-refractivity contribution in [1.29, 1.82) is 0 Å². The summed E-state index contributed by atoms with van der Waals surface area (Å²) in [6, 6.07) is 12.2. The van der Waals surface area contributed by atoms with Crippen LogP contribution in [0.25, 0.3) is 10.6 Å². The first-order chi connectivity index (χ1) is 13.4. The van der Waals surface area contributed by atoms with Crippen LogP contribution in [0, 0.1) is 11.6 Å². The van der Waals surface area contributed by atoms with Gasteiger partial charge < -0.3 is 4.90 Å². The lowest BCUT2D eigenvalue weighted by Gasteiger charge is -2.35. The van der Waals surface area contributed by atoms with E-state index >= 15 is 0 Å². The van der Waals surface area contributed by atoms with Crippen molar-refractivity contribution in [1.82, 2.24) is 9.29 Å². The predicted molar refractivity (Wildman–Crippen MR) is 105 cm³/mol. The quantitative estimate of drug-likeness (QED) is 0.646. The molecule has 146 valence electrons. The molecule has 9 heteroatoms. The van der Waals surface area contributed by atoms with Gasteiger partial charge >= 0.3 is 0 Å². The van der Waals surface area contributed by atoms with Crippen LogP contribution in [0.5, 0.6) is 0 Å². The van der Waals surface area contributed by atoms with Crippen molar-refractivity contribution < 1.29 is 17.2 Å². The minimum absolute atomic E-state index is 0.145. The molecule has 1 fully saturated rings. The van der Waals surface area contributed by atoms with Gasteiger partial charge in [-0.1, -0.05) is 12.1 Å². The third-order valence-corrected chi connectivity index (χ3v) is 7.98. The molecule has 0 atom stereocenters. The van der Waals surface area contributed by atoms with E-state index in [1.54, 1.807) is 30.3 Å². The lowest BCUT2D eigenvalue weighted by molar-refractivity contribution is 0.384. The molecule has 4 rings (SSSR count). The third-order valence-electron chi connectivity index (χ3n) is 4.60. The molecule has 0 amide bonds. The number of thiazole rings is 1. The lowest BCUT2D eigenvalue weighted by Crippen LogP contribution is -2.48. The molecular formula is C19H17F2N3O2S2. The smallest absolute Gasteiger partial charge is 0.254 e. The van der Waals surface area contributed by atoms with E-state index in [1.165, 1.54) is 28.7 Å². The molecule has 2 aromatic carbocycles. The number of benzene rings is 2. The number of anilines is 1. The second kappa shape index (κ2) is 7.57. The van der Waals surface area contributed by atoms with Crippen molar-refractivity contribution in [3.8, 4) is 10.6 Å². The molecule has 0 bridgehead atoms. The van der Waals surface area contributed by atoms with Gasteiger partial charge in [0.15, 0.2) is 4.21 Å². The molecule has 1 aliphatic heterocycles. The molecule has 0 aliphatic carbocycles. The Morgan fingerprint density at radius 2 is 1.61 bits per heavy atom. The van der Waals surface area contributed by atoms with E-state index in [0.29, 0.717) is 29.3 Å². The van der Waals surface area contributed by atoms with Gasteiger partial charge in [0.05, 0.1) is 11.9 Å². The SMILES string of the molecule is O=S(=O)(c1cnc(-c2ccc(F)cc2)s1)N1CCN(c2ccccc2F)CC1. The first-order valence-electron chi connectivity index (χ1n) is 8.66. The summed E-state index contributed by atoms with van der Waals surface area (Å²) in [7, 11) is -3.68. The fraction of sp³-hybridized carbons (Fsp3) is 0.211. The van der Waals surface area contributed by atoms with Crippen LogP contribution >= 0.6 is 11.3 Å². The maximum atomic E-state index is 14.0. The standard InChI is InChI=1S/C19H17F2N3O2S2/c20-15-7-5-14(6-8-15)19-22-13-18(27-19)28(25,26)24-11-9-23(10-12-24)17-4-2-1-3-16(17)21/h1-8,13H,9-12H2. The van der Waals surface area contributed by atoms with Gasteiger partial charge in [0.25, 0.3) is 10.0 Å². The van der Waals surface area contributed by atoms with Crippen LogP contribution in [-0.2, 0) is 10.0 Å². The van der Waals surface area contributed by atoms with Gasteiger partial charge in [0.2, 0.25) is 0 Å². The van der Waals surface area contributed by atoms with E-state index in [0.717, 1.165) is 11.3 Å². The minimum atomic E-state index is -3.68. The van der Waals surface area contributed by atoms with Gasteiger partial charge in [-0.25, -0.2) is 22.2 Å². The molecular weight excluding hydrogens is 404 g/mol. The van der Waals surface area contributed by atoms with Gasteiger partial charge in [-0.05, 0) is 36.4 Å². The van der Waals surface area contributed by atoms with Crippen LogP contribution in [0.2, 0.25) is 0 Å². The molecule has 28 heavy (non-hydrogen) atoms. The Morgan fingerprint density at radius 1 is 0.929 bits per heavy atom. The van der Waals surface area contributed by atoms with Crippen LogP contribution in [0.1, 0.15) is 0 Å². The van der Waals surface area contributed by atoms with Crippen LogP contribution < -0.4 is 4.90 Å². The largest absolute Gasteiger partial charge is 0.367 e. The Bertz CT molecular complexity index is 1080. The summed E-state index contributed by atoms with van der Waals surface area (Å²) >= 11 is 1.06. The average Bonchev–Trinajstić information content (AvgIpc) is 3.20. The normalized spacial score (nSPS) is 15.7. The average molecular weight is 421 g/mol. The highest BCUT2D eigenvalue weighted by Gasteiger charge is 2.31. The molecule has 1 aromatic heterocycles. The summed E-state index contributed by atoms with van der Waals surface area (Å²) in [5, 5.41) is 0.517. The third kappa shape index (κ3) is 3.65. The van der Waals surface area contributed by atoms with E-state index in [-0.39, 0.29) is 28.9 Å². The maximum Gasteiger partial charge on any atom is 0.254 e. The molecule has 0 saturated carbocycles. The first kappa shape index (κ1) is 19.0. The van der Waals surface area contributed by atoms with Crippen LogP contribution in [-0.4, -0.2) is 43.9 Å². The highest BCUT2D eigenvalue weighted by molar-refractivity contribution is 7.91. The Labute approximate surface area is 165 Å². The number of hydrogen-bond acceptors (Lipinski definition) is 5. The topological polar surface area (TPSA) is 53.5 Å². The Morgan fingerprint density at radius 3 is 2.29 bits per heavy atom. The summed E-state index contributed by atoms with van der Waals surface area (Å²) in [6.45, 7) is 1.34. The highest BCUT2D eigenvalue weighted by Crippen LogP contribution is 2.31. The predicted octanol–water partition coefficient (Wildman–Crippen LogP) is 3.60. The Kier molecular flexibility index (Phi) is 5.13. The number of para-hydroxylation sites is 1. The molecule has 1 saturated heterocycles. The Hall–Kier alpha value is -2.36. The van der Waals surface area contributed by atoms with Gasteiger partial charge in [-0.3, -0.25) is 0 Å². The summed E-state index contributed by atoms with van der Waals surface area (Å²) in [6.07, 6.45) is 1.34. The number of rotatable bonds is 4. The van der Waals surface area contributed by atoms with Gasteiger partial charge in [0, 0.05) is 31.7 Å². The van der Waals surface area contributed by atoms with Crippen LogP contribution in [0.3, 0.4) is 0 Å². The van der Waals surface area contributed by atoms with Gasteiger partial charge in [-0.2, -0.15) is 4.31 Å². The van der Waals surface area contributed by atoms with Gasteiger partial charge in [-0.15, -0.1) is 11.3 Å². The fourth-order valence-electron chi connectivity index (χ4n) is 3.11. The van der Waals surface area contributed by atoms with E-state index in [1.807, 2.05) is 4.90 Å². The zero-order chi connectivity index (χ0) is 19.7. The maximum absolute atomic E-state index is 14.0. The van der Waals surface area contributed by atoms with Crippen molar-refractivity contribution in [3.63, 3.8) is 0 Å². The minimum Gasteiger partial charge on any atom is -0.367 e. The van der Waals surface area contributed by atoms with Crippen LogP contribution in [0.4, 0.5) is 14.5 Å². The summed E-state index contributed by atoms with van der Waals surface area (Å²) < 4.78 is 54.4. The molecule has 0 unspecified atom stereocenters. The van der Waals surface area contributed by atoms with Crippen LogP contribution in [0.15, 0.2) is 58.9 Å². The number of piperazine rings is 1. The van der Waals surface area contributed by atoms with E-state index in [9.17, 15) is 17.2 Å². The summed E-state index contributed by atoms with van der Waals surface area (Å²) in [4.78, 5) is 6.03. The second-order valence-electron chi connectivity index (χ2n) is 6.33. The lowest BCUT2D eigenvalue weighted by atomic mass is 10.2. The highest BCUT2D eigenvalue weighted by atomic mass is 32.2. The van der Waals surface area contributed by atoms with E-state index in [2.05, 4.69) is 4.98 Å². The summed E-state index contributed by atoms with van der Waals surface area (Å²) in [5.74, 6) is -0.675. The van der Waals surface area contributed by atoms with Gasteiger partial charge in [0.1, 0.15) is 16.6 Å². The number of hydrogen-bond donors (Lipinski definition) is 0. The van der Waals surface area contributed by atoms with E-state index in [4.69, 9.17) is 0 Å². The van der Waals surface area contributed by atoms with Crippen molar-refractivity contribution in [2.45, 2.75) is 4.21 Å². The number of halogens is 2. The summed E-state index contributed by atoms with van der Waals surface area (Å²) in [5.41, 5.74) is 1.15. The molecule has 0 spiro atoms. The zero-order valence-electron chi connectivity index (χ0n) is 14.8. The van der Waals surface area contributed by atoms with Crippen molar-refractivity contribution in [3.05, 3.63) is 66.4 Å². The van der Waals surface area contributed by atoms with Crippen molar-refractivity contribution >= 4 is 27.0 Å². The monoisotopic (exact) mass is 421 g/mol. The molecule has 1 aliphatic rings. The Balaban J connectivity index is 1.49. The molecule has 5 nitrogen and oxygen atoms in total. The van der Waals surface area contributed by atoms with E-state index < -0.39 is 10.0 Å². The van der Waals surface area contributed by atoms with Crippen molar-refractivity contribution in [2.24, 2.45) is 0 Å². The fourth-order valence-corrected chi connectivity index (χ4v) is 5.82. The molecule has 3 aromatic rings. The number of sulfonamides is 1. The first-order valence-corrected chi connectivity index (χ1v) is 10.9. The second-order valence-corrected chi connectivity index (χ2v) is 9.53. The zero-order valence-corrected chi connectivity index (χ0v) is 16.4. The molecule has 0 radical (unpaired) electrons. The number of nitrogens with zero attached hydrogens (tertiary/aromatic N) is 3.